The van der Waals surface area contributed by atoms with E-state index < -0.39 is 0 Å². The second-order valence-corrected chi connectivity index (χ2v) is 2.58. The first-order valence-corrected chi connectivity index (χ1v) is 3.65. The first kappa shape index (κ1) is 7.59. The molecule has 3 nitrogen and oxygen atoms in total. The van der Waals surface area contributed by atoms with Crippen LogP contribution in [0.5, 0.6) is 0 Å². The van der Waals surface area contributed by atoms with Gasteiger partial charge in [0.1, 0.15) is 5.56 Å². The third-order valence-electron chi connectivity index (χ3n) is 1.02. The summed E-state index contributed by atoms with van der Waals surface area (Å²) < 4.78 is 9.90. The van der Waals surface area contributed by atoms with Gasteiger partial charge in [0.2, 0.25) is 0 Å². The van der Waals surface area contributed by atoms with E-state index in [1.807, 2.05) is 22.6 Å². The predicted octanol–water partition coefficient (Wildman–Crippen LogP) is 1.67. The topological polar surface area (TPSA) is 39.4 Å². The van der Waals surface area contributed by atoms with Crippen LogP contribution in [0.25, 0.3) is 0 Å². The van der Waals surface area contributed by atoms with E-state index in [1.165, 1.54) is 13.4 Å². The molecule has 0 aliphatic carbocycles. The van der Waals surface area contributed by atoms with Crippen molar-refractivity contribution in [3.05, 3.63) is 21.7 Å². The van der Waals surface area contributed by atoms with Gasteiger partial charge in [0.05, 0.1) is 13.4 Å². The number of esters is 1. The Labute approximate surface area is 71.5 Å². The Morgan fingerprint density at radius 1 is 1.80 bits per heavy atom. The summed E-state index contributed by atoms with van der Waals surface area (Å²) in [5, 5.41) is 0. The SMILES string of the molecule is COC(=O)c1ccoc1I. The van der Waals surface area contributed by atoms with Crippen LogP contribution in [0.3, 0.4) is 0 Å². The van der Waals surface area contributed by atoms with Crippen molar-refractivity contribution in [1.82, 2.24) is 0 Å². The maximum Gasteiger partial charge on any atom is 0.342 e. The molecule has 1 heterocycles. The molecule has 1 rings (SSSR count). The van der Waals surface area contributed by atoms with Crippen LogP contribution in [0.4, 0.5) is 0 Å². The summed E-state index contributed by atoms with van der Waals surface area (Å²) in [4.78, 5) is 10.8. The third-order valence-corrected chi connectivity index (χ3v) is 1.86. The quantitative estimate of drug-likeness (QED) is 0.563. The van der Waals surface area contributed by atoms with Crippen molar-refractivity contribution >= 4 is 28.6 Å². The van der Waals surface area contributed by atoms with Crippen molar-refractivity contribution in [3.63, 3.8) is 0 Å². The number of carbonyl (C=O) groups excluding carboxylic acids is 1. The van der Waals surface area contributed by atoms with Crippen molar-refractivity contribution < 1.29 is 13.9 Å². The lowest BCUT2D eigenvalue weighted by molar-refractivity contribution is 0.0598. The zero-order valence-corrected chi connectivity index (χ0v) is 7.41. The number of halogens is 1. The van der Waals surface area contributed by atoms with E-state index in [-0.39, 0.29) is 5.97 Å². The minimum Gasteiger partial charge on any atom is -0.465 e. The normalized spacial score (nSPS) is 9.40. The van der Waals surface area contributed by atoms with Crippen molar-refractivity contribution in [3.8, 4) is 0 Å². The molecule has 0 atom stereocenters. The molecule has 0 saturated heterocycles. The van der Waals surface area contributed by atoms with E-state index in [1.54, 1.807) is 6.07 Å². The molecule has 1 aromatic heterocycles. The fourth-order valence-electron chi connectivity index (χ4n) is 0.549. The molecule has 0 amide bonds. The van der Waals surface area contributed by atoms with Crippen LogP contribution in [0, 0.1) is 3.77 Å². The van der Waals surface area contributed by atoms with Gasteiger partial charge in [-0.25, -0.2) is 4.79 Å². The minimum atomic E-state index is -0.363. The smallest absolute Gasteiger partial charge is 0.342 e. The van der Waals surface area contributed by atoms with Crippen LogP contribution in [-0.2, 0) is 4.74 Å². The molecule has 0 N–H and O–H groups in total. The summed E-state index contributed by atoms with van der Waals surface area (Å²) in [6.07, 6.45) is 1.45. The van der Waals surface area contributed by atoms with Crippen LogP contribution in [0.2, 0.25) is 0 Å². The molecule has 0 saturated carbocycles. The number of hydrogen-bond donors (Lipinski definition) is 0. The van der Waals surface area contributed by atoms with Crippen molar-refractivity contribution in [1.29, 1.82) is 0 Å². The van der Waals surface area contributed by atoms with Crippen molar-refractivity contribution in [2.75, 3.05) is 7.11 Å². The Morgan fingerprint density at radius 3 is 2.90 bits per heavy atom. The number of carbonyl (C=O) groups is 1. The largest absolute Gasteiger partial charge is 0.465 e. The van der Waals surface area contributed by atoms with Gasteiger partial charge in [0.15, 0.2) is 3.77 Å². The summed E-state index contributed by atoms with van der Waals surface area (Å²) in [6.45, 7) is 0. The van der Waals surface area contributed by atoms with Crippen LogP contribution >= 0.6 is 22.6 Å². The summed E-state index contributed by atoms with van der Waals surface area (Å²) in [7, 11) is 1.34. The maximum absolute atomic E-state index is 10.8. The van der Waals surface area contributed by atoms with E-state index in [2.05, 4.69) is 4.74 Å². The average Bonchev–Trinajstić information content (AvgIpc) is 2.34. The zero-order valence-electron chi connectivity index (χ0n) is 5.26. The molecule has 0 aromatic carbocycles. The number of ether oxygens (including phenoxy) is 1. The molecular weight excluding hydrogens is 247 g/mol. The lowest BCUT2D eigenvalue weighted by Gasteiger charge is -1.92. The number of methoxy groups -OCH3 is 1. The Hall–Kier alpha value is -0.520. The highest BCUT2D eigenvalue weighted by Gasteiger charge is 2.11. The van der Waals surface area contributed by atoms with Crippen molar-refractivity contribution in [2.45, 2.75) is 0 Å². The molecule has 4 heteroatoms. The van der Waals surface area contributed by atoms with Crippen LogP contribution in [0.15, 0.2) is 16.7 Å². The first-order valence-electron chi connectivity index (χ1n) is 2.57. The third kappa shape index (κ3) is 1.31. The molecule has 0 fully saturated rings. The molecule has 10 heavy (non-hydrogen) atoms. The molecule has 1 aromatic rings. The fraction of sp³-hybridized carbons (Fsp3) is 0.167. The van der Waals surface area contributed by atoms with Gasteiger partial charge in [-0.05, 0) is 6.07 Å². The maximum atomic E-state index is 10.8. The highest BCUT2D eigenvalue weighted by Crippen LogP contribution is 2.13. The highest BCUT2D eigenvalue weighted by molar-refractivity contribution is 14.1. The standard InChI is InChI=1S/C6H5IO3/c1-9-6(8)4-2-3-10-5(4)7/h2-3H,1H3. The lowest BCUT2D eigenvalue weighted by atomic mass is 10.3. The first-order chi connectivity index (χ1) is 4.75. The Bertz CT molecular complexity index is 241. The van der Waals surface area contributed by atoms with Crippen LogP contribution in [-0.4, -0.2) is 13.1 Å². The lowest BCUT2D eigenvalue weighted by Crippen LogP contribution is -2.00. The van der Waals surface area contributed by atoms with E-state index in [0.717, 1.165) is 0 Å². The van der Waals surface area contributed by atoms with Crippen molar-refractivity contribution in [2.24, 2.45) is 0 Å². The van der Waals surface area contributed by atoms with Gasteiger partial charge in [-0.3, -0.25) is 0 Å². The molecule has 0 bridgehead atoms. The number of hydrogen-bond acceptors (Lipinski definition) is 3. The van der Waals surface area contributed by atoms with Gasteiger partial charge in [0.25, 0.3) is 0 Å². The second-order valence-electron chi connectivity index (χ2n) is 1.60. The van der Waals surface area contributed by atoms with E-state index in [4.69, 9.17) is 4.42 Å². The van der Waals surface area contributed by atoms with Crippen LogP contribution in [0.1, 0.15) is 10.4 Å². The second kappa shape index (κ2) is 3.05. The molecular formula is C6H5IO3. The Balaban J connectivity index is 2.93. The molecule has 0 aliphatic rings. The van der Waals surface area contributed by atoms with Gasteiger partial charge < -0.3 is 9.15 Å². The molecule has 0 radical (unpaired) electrons. The van der Waals surface area contributed by atoms with Gasteiger partial charge in [-0.1, -0.05) is 0 Å². The number of rotatable bonds is 1. The van der Waals surface area contributed by atoms with E-state index in [9.17, 15) is 4.79 Å². The zero-order chi connectivity index (χ0) is 7.56. The molecule has 0 unspecified atom stereocenters. The average molecular weight is 252 g/mol. The summed E-state index contributed by atoms with van der Waals surface area (Å²) in [6, 6.07) is 1.58. The highest BCUT2D eigenvalue weighted by atomic mass is 127. The van der Waals surface area contributed by atoms with Gasteiger partial charge in [-0.2, -0.15) is 0 Å². The minimum absolute atomic E-state index is 0.363. The predicted molar refractivity (Wildman–Crippen MR) is 42.8 cm³/mol. The number of furan rings is 1. The summed E-state index contributed by atoms with van der Waals surface area (Å²) in [5.41, 5.74) is 0.475. The molecule has 54 valence electrons. The van der Waals surface area contributed by atoms with E-state index >= 15 is 0 Å². The van der Waals surface area contributed by atoms with Gasteiger partial charge in [0, 0.05) is 22.6 Å². The van der Waals surface area contributed by atoms with Gasteiger partial charge in [-0.15, -0.1) is 0 Å². The van der Waals surface area contributed by atoms with Crippen LogP contribution < -0.4 is 0 Å². The molecule has 0 aliphatic heterocycles. The Kier molecular flexibility index (Phi) is 2.31. The Morgan fingerprint density at radius 2 is 2.50 bits per heavy atom. The molecule has 0 spiro atoms. The fourth-order valence-corrected chi connectivity index (χ4v) is 1.10. The monoisotopic (exact) mass is 252 g/mol. The summed E-state index contributed by atoms with van der Waals surface area (Å²) in [5.74, 6) is -0.363. The summed E-state index contributed by atoms with van der Waals surface area (Å²) >= 11 is 1.93. The van der Waals surface area contributed by atoms with E-state index in [0.29, 0.717) is 9.33 Å². The van der Waals surface area contributed by atoms with Gasteiger partial charge >= 0.3 is 5.97 Å².